The summed E-state index contributed by atoms with van der Waals surface area (Å²) in [6.45, 7) is 0.354. The average Bonchev–Trinajstić information content (AvgIpc) is 3.11. The van der Waals surface area contributed by atoms with Crippen LogP contribution in [0.2, 0.25) is 0 Å². The molecule has 1 aromatic carbocycles. The predicted molar refractivity (Wildman–Crippen MR) is 71.5 cm³/mol. The Morgan fingerprint density at radius 3 is 2.72 bits per heavy atom. The third-order valence-corrected chi connectivity index (χ3v) is 6.01. The molecule has 2 rings (SSSR count). The molecule has 100 valence electrons. The second-order valence-electron chi connectivity index (χ2n) is 4.36. The topological polar surface area (TPSA) is 72.2 Å². The first-order valence-corrected chi connectivity index (χ1v) is 8.20. The smallest absolute Gasteiger partial charge is 0.242 e. The molecule has 0 bridgehead atoms. The van der Waals surface area contributed by atoms with E-state index in [0.29, 0.717) is 6.54 Å². The Kier molecular flexibility index (Phi) is 3.57. The van der Waals surface area contributed by atoms with Gasteiger partial charge in [0.1, 0.15) is 10.7 Å². The summed E-state index contributed by atoms with van der Waals surface area (Å²) in [4.78, 5) is -0.195. The van der Waals surface area contributed by atoms with Gasteiger partial charge in [0.15, 0.2) is 0 Å². The van der Waals surface area contributed by atoms with Gasteiger partial charge in [-0.25, -0.2) is 17.5 Å². The highest BCUT2D eigenvalue weighted by molar-refractivity contribution is 8.00. The quantitative estimate of drug-likeness (QED) is 0.808. The van der Waals surface area contributed by atoms with Gasteiger partial charge < -0.3 is 5.73 Å². The molecule has 0 heterocycles. The molecule has 0 radical (unpaired) electrons. The third-order valence-electron chi connectivity index (χ3n) is 3.13. The average molecular weight is 290 g/mol. The van der Waals surface area contributed by atoms with Gasteiger partial charge in [-0.1, -0.05) is 6.07 Å². The van der Waals surface area contributed by atoms with Crippen molar-refractivity contribution in [2.45, 2.75) is 22.5 Å². The van der Waals surface area contributed by atoms with Crippen LogP contribution in [0.1, 0.15) is 12.8 Å². The lowest BCUT2D eigenvalue weighted by Crippen LogP contribution is -2.32. The van der Waals surface area contributed by atoms with Crippen LogP contribution < -0.4 is 10.5 Å². The lowest BCUT2D eigenvalue weighted by atomic mass is 10.3. The van der Waals surface area contributed by atoms with Crippen LogP contribution in [0.15, 0.2) is 23.1 Å². The molecule has 0 aliphatic heterocycles. The number of rotatable bonds is 5. The van der Waals surface area contributed by atoms with Crippen molar-refractivity contribution in [3.8, 4) is 0 Å². The van der Waals surface area contributed by atoms with Gasteiger partial charge in [-0.15, -0.1) is 0 Å². The Morgan fingerprint density at radius 2 is 2.17 bits per heavy atom. The largest absolute Gasteiger partial charge is 0.395 e. The van der Waals surface area contributed by atoms with Crippen LogP contribution in [-0.4, -0.2) is 26.0 Å². The monoisotopic (exact) mass is 290 g/mol. The van der Waals surface area contributed by atoms with E-state index in [1.165, 1.54) is 12.1 Å². The number of hydrogen-bond donors (Lipinski definition) is 2. The molecule has 3 N–H and O–H groups in total. The number of nitrogen functional groups attached to an aromatic ring is 1. The highest BCUT2D eigenvalue weighted by atomic mass is 32.2. The van der Waals surface area contributed by atoms with Crippen LogP contribution in [0, 0.1) is 5.82 Å². The van der Waals surface area contributed by atoms with Gasteiger partial charge in [-0.05, 0) is 31.2 Å². The van der Waals surface area contributed by atoms with Crippen LogP contribution in [0.5, 0.6) is 0 Å². The van der Waals surface area contributed by atoms with Crippen molar-refractivity contribution in [3.05, 3.63) is 24.0 Å². The summed E-state index contributed by atoms with van der Waals surface area (Å²) in [6, 6.07) is 3.78. The second kappa shape index (κ2) is 4.71. The maximum atomic E-state index is 13.2. The zero-order chi connectivity index (χ0) is 13.4. The van der Waals surface area contributed by atoms with Crippen molar-refractivity contribution in [1.29, 1.82) is 0 Å². The van der Waals surface area contributed by atoms with Crippen molar-refractivity contribution in [2.75, 3.05) is 18.5 Å². The van der Waals surface area contributed by atoms with Crippen LogP contribution in [0.3, 0.4) is 0 Å². The molecular formula is C11H15FN2O2S2. The molecule has 1 fully saturated rings. The second-order valence-corrected chi connectivity index (χ2v) is 7.37. The van der Waals surface area contributed by atoms with Crippen LogP contribution in [0.25, 0.3) is 0 Å². The molecular weight excluding hydrogens is 275 g/mol. The molecule has 0 spiro atoms. The van der Waals surface area contributed by atoms with Crippen molar-refractivity contribution in [2.24, 2.45) is 0 Å². The fourth-order valence-corrected chi connectivity index (χ4v) is 3.73. The van der Waals surface area contributed by atoms with Gasteiger partial charge in [-0.2, -0.15) is 11.8 Å². The Labute approximate surface area is 110 Å². The van der Waals surface area contributed by atoms with Gasteiger partial charge in [-0.3, -0.25) is 0 Å². The van der Waals surface area contributed by atoms with Crippen molar-refractivity contribution < 1.29 is 12.8 Å². The minimum atomic E-state index is -3.75. The Balaban J connectivity index is 2.18. The first-order chi connectivity index (χ1) is 8.40. The zero-order valence-corrected chi connectivity index (χ0v) is 11.6. The first kappa shape index (κ1) is 13.6. The molecule has 0 unspecified atom stereocenters. The van der Waals surface area contributed by atoms with Crippen LogP contribution in [-0.2, 0) is 10.0 Å². The minimum absolute atomic E-state index is 0.00908. The summed E-state index contributed by atoms with van der Waals surface area (Å²) in [5.74, 6) is -0.719. The van der Waals surface area contributed by atoms with E-state index in [-0.39, 0.29) is 15.3 Å². The number of benzene rings is 1. The maximum absolute atomic E-state index is 13.2. The van der Waals surface area contributed by atoms with Crippen molar-refractivity contribution in [1.82, 2.24) is 4.72 Å². The van der Waals surface area contributed by atoms with Crippen molar-refractivity contribution in [3.63, 3.8) is 0 Å². The van der Waals surface area contributed by atoms with Crippen molar-refractivity contribution >= 4 is 27.5 Å². The third kappa shape index (κ3) is 2.62. The van der Waals surface area contributed by atoms with E-state index < -0.39 is 15.8 Å². The Hall–Kier alpha value is -0.790. The van der Waals surface area contributed by atoms with E-state index in [4.69, 9.17) is 5.73 Å². The normalized spacial score (nSPS) is 17.7. The van der Waals surface area contributed by atoms with Gasteiger partial charge >= 0.3 is 0 Å². The standard InChI is InChI=1S/C11H15FN2O2S2/c1-17-11(5-6-11)7-14-18(15,16)9-4-2-3-8(12)10(9)13/h2-4,14H,5-7,13H2,1H3. The van der Waals surface area contributed by atoms with E-state index in [1.54, 1.807) is 11.8 Å². The summed E-state index contributed by atoms with van der Waals surface area (Å²) >= 11 is 1.65. The summed E-state index contributed by atoms with van der Waals surface area (Å²) in [5.41, 5.74) is 5.12. The molecule has 18 heavy (non-hydrogen) atoms. The van der Waals surface area contributed by atoms with Gasteiger partial charge in [0.05, 0.1) is 5.69 Å². The lowest BCUT2D eigenvalue weighted by molar-refractivity contribution is 0.577. The molecule has 0 aromatic heterocycles. The molecule has 1 aliphatic rings. The van der Waals surface area contributed by atoms with E-state index in [0.717, 1.165) is 18.9 Å². The lowest BCUT2D eigenvalue weighted by Gasteiger charge is -2.14. The first-order valence-electron chi connectivity index (χ1n) is 5.49. The molecule has 0 amide bonds. The number of nitrogens with one attached hydrogen (secondary N) is 1. The molecule has 7 heteroatoms. The van der Waals surface area contributed by atoms with E-state index in [9.17, 15) is 12.8 Å². The number of hydrogen-bond acceptors (Lipinski definition) is 4. The molecule has 4 nitrogen and oxygen atoms in total. The summed E-state index contributed by atoms with van der Waals surface area (Å²) in [7, 11) is -3.75. The van der Waals surface area contributed by atoms with Gasteiger partial charge in [0.25, 0.3) is 0 Å². The number of anilines is 1. The number of halogens is 1. The number of para-hydroxylation sites is 1. The molecule has 0 saturated heterocycles. The van der Waals surface area contributed by atoms with Crippen LogP contribution >= 0.6 is 11.8 Å². The number of nitrogens with two attached hydrogens (primary N) is 1. The summed E-state index contributed by atoms with van der Waals surface area (Å²) in [6.07, 6.45) is 3.95. The molecule has 1 aromatic rings. The minimum Gasteiger partial charge on any atom is -0.395 e. The van der Waals surface area contributed by atoms with Gasteiger partial charge in [0, 0.05) is 11.3 Å². The maximum Gasteiger partial charge on any atom is 0.242 e. The Bertz CT molecular complexity index is 556. The number of sulfonamides is 1. The summed E-state index contributed by atoms with van der Waals surface area (Å²) < 4.78 is 39.8. The molecule has 1 saturated carbocycles. The van der Waals surface area contributed by atoms with E-state index in [2.05, 4.69) is 4.72 Å². The molecule has 1 aliphatic carbocycles. The fraction of sp³-hybridized carbons (Fsp3) is 0.455. The van der Waals surface area contributed by atoms with Gasteiger partial charge in [0.2, 0.25) is 10.0 Å². The Morgan fingerprint density at radius 1 is 1.50 bits per heavy atom. The zero-order valence-electron chi connectivity index (χ0n) is 9.94. The predicted octanol–water partition coefficient (Wildman–Crippen LogP) is 1.58. The highest BCUT2D eigenvalue weighted by Gasteiger charge is 2.42. The number of thioether (sulfide) groups is 1. The molecule has 0 atom stereocenters. The van der Waals surface area contributed by atoms with E-state index in [1.807, 2.05) is 6.26 Å². The SMILES string of the molecule is CSC1(CNS(=O)(=O)c2cccc(F)c2N)CC1. The van der Waals surface area contributed by atoms with E-state index >= 15 is 0 Å². The highest BCUT2D eigenvalue weighted by Crippen LogP contribution is 2.46. The van der Waals surface area contributed by atoms with Crippen LogP contribution in [0.4, 0.5) is 10.1 Å². The summed E-state index contributed by atoms with van der Waals surface area (Å²) in [5, 5.41) is 0. The fourth-order valence-electron chi connectivity index (χ4n) is 1.65.